The van der Waals surface area contributed by atoms with Crippen LogP contribution in [0.5, 0.6) is 11.5 Å². The summed E-state index contributed by atoms with van der Waals surface area (Å²) in [5.74, 6) is 2.12. The first-order valence-corrected chi connectivity index (χ1v) is 19.7. The number of rotatable bonds is 6. The van der Waals surface area contributed by atoms with Crippen molar-refractivity contribution in [2.45, 2.75) is 92.4 Å². The monoisotopic (exact) mass is 932 g/mol. The second-order valence-corrected chi connectivity index (χ2v) is 18.8. The number of anilines is 4. The number of benzene rings is 5. The van der Waals surface area contributed by atoms with E-state index in [-0.39, 0.29) is 42.7 Å². The largest absolute Gasteiger partial charge is 0.509 e. The Kier molecular flexibility index (Phi) is 10.3. The van der Waals surface area contributed by atoms with E-state index in [1.165, 1.54) is 11.1 Å². The number of pyridine rings is 1. The third-order valence-corrected chi connectivity index (χ3v) is 11.9. The van der Waals surface area contributed by atoms with E-state index in [4.69, 9.17) is 9.72 Å². The van der Waals surface area contributed by atoms with Crippen LogP contribution in [-0.4, -0.2) is 9.55 Å². The average molecular weight is 933 g/mol. The maximum absolute atomic E-state index is 6.79. The quantitative estimate of drug-likeness (QED) is 0.156. The molecular weight excluding hydrogens is 880 g/mol. The molecule has 0 spiro atoms. The third-order valence-electron chi connectivity index (χ3n) is 11.9. The van der Waals surface area contributed by atoms with Crippen molar-refractivity contribution in [3.63, 3.8) is 0 Å². The number of nitrogens with zero attached hydrogens (tertiary/aromatic N) is 4. The minimum absolute atomic E-state index is 0. The van der Waals surface area contributed by atoms with Crippen LogP contribution in [0.3, 0.4) is 0 Å². The van der Waals surface area contributed by atoms with Crippen LogP contribution in [0.4, 0.5) is 22.7 Å². The van der Waals surface area contributed by atoms with Gasteiger partial charge in [0.1, 0.15) is 5.82 Å². The molecule has 3 heterocycles. The second kappa shape index (κ2) is 14.5. The zero-order valence-electron chi connectivity index (χ0n) is 35.1. The van der Waals surface area contributed by atoms with Gasteiger partial charge in [0.25, 0.3) is 0 Å². The van der Waals surface area contributed by atoms with E-state index < -0.39 is 0 Å². The van der Waals surface area contributed by atoms with Gasteiger partial charge >= 0.3 is 0 Å². The summed E-state index contributed by atoms with van der Waals surface area (Å²) in [6.45, 7) is 27.2. The van der Waals surface area contributed by atoms with E-state index in [1.54, 1.807) is 0 Å². The summed E-state index contributed by atoms with van der Waals surface area (Å²) in [6, 6.07) is 46.1. The molecule has 0 saturated heterocycles. The molecular formula is C51H53N4OPt-3. The second-order valence-electron chi connectivity index (χ2n) is 18.8. The number of hydrogen-bond acceptors (Lipinski definition) is 4. The summed E-state index contributed by atoms with van der Waals surface area (Å²) in [7, 11) is 0. The van der Waals surface area contributed by atoms with Gasteiger partial charge < -0.3 is 19.1 Å². The first kappa shape index (κ1) is 40.3. The summed E-state index contributed by atoms with van der Waals surface area (Å²) in [6.07, 6.45) is 1.93. The first-order chi connectivity index (χ1) is 26.4. The summed E-state index contributed by atoms with van der Waals surface area (Å²) in [5, 5.41) is 2.25. The van der Waals surface area contributed by atoms with Crippen molar-refractivity contribution >= 4 is 44.6 Å². The van der Waals surface area contributed by atoms with E-state index in [0.29, 0.717) is 11.5 Å². The zero-order chi connectivity index (χ0) is 39.8. The molecule has 0 unspecified atom stereocenters. The van der Waals surface area contributed by atoms with E-state index in [0.717, 1.165) is 55.9 Å². The van der Waals surface area contributed by atoms with E-state index in [9.17, 15) is 0 Å². The topological polar surface area (TPSA) is 33.5 Å². The van der Waals surface area contributed by atoms with E-state index in [1.807, 2.05) is 12.3 Å². The molecule has 1 aliphatic rings. The van der Waals surface area contributed by atoms with Crippen molar-refractivity contribution in [2.75, 3.05) is 9.80 Å². The summed E-state index contributed by atoms with van der Waals surface area (Å²) < 4.78 is 9.01. The van der Waals surface area contributed by atoms with Crippen LogP contribution in [-0.2, 0) is 37.3 Å². The Bertz CT molecular complexity index is 2600. The Morgan fingerprint density at radius 3 is 1.96 bits per heavy atom. The van der Waals surface area contributed by atoms with Gasteiger partial charge in [-0.25, -0.2) is 4.98 Å². The molecule has 0 amide bonds. The minimum Gasteiger partial charge on any atom is -0.509 e. The predicted molar refractivity (Wildman–Crippen MR) is 234 cm³/mol. The van der Waals surface area contributed by atoms with E-state index >= 15 is 0 Å². The molecule has 2 aromatic heterocycles. The van der Waals surface area contributed by atoms with Gasteiger partial charge in [0.15, 0.2) is 0 Å². The molecule has 8 rings (SSSR count). The number of hydrogen-bond donors (Lipinski definition) is 0. The number of para-hydroxylation sites is 3. The summed E-state index contributed by atoms with van der Waals surface area (Å²) in [5.41, 5.74) is 9.80. The fraction of sp³-hybridized carbons (Fsp3) is 0.294. The fourth-order valence-electron chi connectivity index (χ4n) is 7.43. The van der Waals surface area contributed by atoms with Gasteiger partial charge in [0.05, 0.1) is 0 Å². The van der Waals surface area contributed by atoms with Crippen molar-refractivity contribution in [3.8, 4) is 17.3 Å². The van der Waals surface area contributed by atoms with Crippen molar-refractivity contribution < 1.29 is 25.8 Å². The smallest absolute Gasteiger partial charge is 0.135 e. The van der Waals surface area contributed by atoms with Gasteiger partial charge in [-0.2, -0.15) is 6.07 Å². The maximum atomic E-state index is 6.79. The number of fused-ring (bicyclic) bond motifs is 4. The molecule has 0 N–H and O–H groups in total. The maximum Gasteiger partial charge on any atom is 0.135 e. The Balaban J connectivity index is 0.00000496. The van der Waals surface area contributed by atoms with Crippen LogP contribution < -0.4 is 14.5 Å². The van der Waals surface area contributed by atoms with Crippen molar-refractivity contribution in [1.82, 2.24) is 9.55 Å². The van der Waals surface area contributed by atoms with Crippen LogP contribution in [0.1, 0.15) is 92.9 Å². The molecule has 296 valence electrons. The van der Waals surface area contributed by atoms with Crippen LogP contribution in [0.2, 0.25) is 0 Å². The normalized spacial score (nSPS) is 13.6. The molecule has 0 fully saturated rings. The molecule has 6 heteroatoms. The standard InChI is InChI=1S/C51H53N4O.Pt/c1-48(2,3)34-17-16-18-37(27-34)53-33-54(45-22-15-14-21-44(45)53)38-28-36(49(4,5)6)29-40(31-38)56-39-23-24-42-41-19-12-13-20-43(41)55(46(42)32-39)47-30-35(25-26-52-47)51(10,11)50(7,8)9;/h12-30,33H,1-11H3;/q-3;. The Morgan fingerprint density at radius 1 is 0.579 bits per heavy atom. The summed E-state index contributed by atoms with van der Waals surface area (Å²) in [4.78, 5) is 9.43. The van der Waals surface area contributed by atoms with Crippen molar-refractivity contribution in [1.29, 1.82) is 0 Å². The molecule has 7 aromatic rings. The first-order valence-electron chi connectivity index (χ1n) is 19.7. The van der Waals surface area contributed by atoms with E-state index in [2.05, 4.69) is 212 Å². The Morgan fingerprint density at radius 2 is 1.26 bits per heavy atom. The molecule has 0 atom stereocenters. The van der Waals surface area contributed by atoms with Gasteiger partial charge in [-0.05, 0) is 80.6 Å². The Labute approximate surface area is 354 Å². The molecule has 5 aromatic carbocycles. The molecule has 1 aliphatic heterocycles. The van der Waals surface area contributed by atoms with Gasteiger partial charge in [0, 0.05) is 61.3 Å². The fourth-order valence-corrected chi connectivity index (χ4v) is 7.43. The molecule has 0 saturated carbocycles. The third kappa shape index (κ3) is 7.40. The van der Waals surface area contributed by atoms with Gasteiger partial charge in [-0.3, -0.25) is 0 Å². The molecule has 5 nitrogen and oxygen atoms in total. The van der Waals surface area contributed by atoms with Crippen molar-refractivity contribution in [2.24, 2.45) is 5.41 Å². The zero-order valence-corrected chi connectivity index (χ0v) is 37.3. The van der Waals surface area contributed by atoms with Gasteiger partial charge in [-0.1, -0.05) is 124 Å². The molecule has 0 bridgehead atoms. The van der Waals surface area contributed by atoms with Crippen LogP contribution in [0, 0.1) is 24.2 Å². The number of ether oxygens (including phenoxy) is 1. The number of aromatic nitrogens is 2. The van der Waals surface area contributed by atoms with Gasteiger partial charge in [-0.15, -0.1) is 53.6 Å². The van der Waals surface area contributed by atoms with Crippen LogP contribution >= 0.6 is 0 Å². The van der Waals surface area contributed by atoms with Gasteiger partial charge in [0.2, 0.25) is 0 Å². The molecule has 0 aliphatic carbocycles. The molecule has 0 radical (unpaired) electrons. The van der Waals surface area contributed by atoms with Crippen LogP contribution in [0.25, 0.3) is 27.6 Å². The van der Waals surface area contributed by atoms with Crippen molar-refractivity contribution in [3.05, 3.63) is 151 Å². The average Bonchev–Trinajstić information content (AvgIpc) is 3.70. The Hall–Kier alpha value is -4.86. The predicted octanol–water partition coefficient (Wildman–Crippen LogP) is 13.9. The molecule has 57 heavy (non-hydrogen) atoms. The van der Waals surface area contributed by atoms with Crippen LogP contribution in [0.15, 0.2) is 115 Å². The SMILES string of the molecule is CC(C)(C)c1cc(Oc2[c-]c3c(cc2)c2ccccc2n3-c2cc(C(C)(C)C(C)(C)C)ccn2)[c-]c(N2[CH-]N(c3cccc(C(C)(C)C)c3)c3ccccc32)c1.[Pt]. The summed E-state index contributed by atoms with van der Waals surface area (Å²) >= 11 is 0. The minimum atomic E-state index is -0.139.